The van der Waals surface area contributed by atoms with Gasteiger partial charge in [-0.3, -0.25) is 0 Å². The van der Waals surface area contributed by atoms with E-state index in [0.29, 0.717) is 11.6 Å². The first-order chi connectivity index (χ1) is 8.77. The van der Waals surface area contributed by atoms with Gasteiger partial charge in [-0.2, -0.15) is 0 Å². The lowest BCUT2D eigenvalue weighted by atomic mass is 9.92. The van der Waals surface area contributed by atoms with Crippen LogP contribution in [0.4, 0.5) is 5.82 Å². The number of aromatic hydroxyl groups is 1. The number of hydrogen-bond donors (Lipinski definition) is 2. The quantitative estimate of drug-likeness (QED) is 0.838. The molecule has 2 rings (SSSR count). The van der Waals surface area contributed by atoms with E-state index in [9.17, 15) is 5.11 Å². The van der Waals surface area contributed by atoms with Crippen molar-refractivity contribution in [1.29, 1.82) is 0 Å². The van der Waals surface area contributed by atoms with Crippen molar-refractivity contribution in [2.24, 2.45) is 0 Å². The van der Waals surface area contributed by atoms with Crippen molar-refractivity contribution >= 4 is 17.4 Å². The van der Waals surface area contributed by atoms with Gasteiger partial charge in [-0.15, -0.1) is 0 Å². The molecule has 1 aromatic heterocycles. The lowest BCUT2D eigenvalue weighted by molar-refractivity contribution is 0.475. The molecule has 4 nitrogen and oxygen atoms in total. The van der Waals surface area contributed by atoms with Gasteiger partial charge in [0.2, 0.25) is 0 Å². The van der Waals surface area contributed by atoms with Crippen LogP contribution >= 0.6 is 11.6 Å². The van der Waals surface area contributed by atoms with Crippen LogP contribution in [0, 0.1) is 0 Å². The average molecular weight is 278 g/mol. The minimum Gasteiger partial charge on any atom is -0.506 e. The summed E-state index contributed by atoms with van der Waals surface area (Å²) in [5.41, 5.74) is 7.29. The topological polar surface area (TPSA) is 72.0 Å². The van der Waals surface area contributed by atoms with Crippen LogP contribution in [-0.4, -0.2) is 15.1 Å². The van der Waals surface area contributed by atoms with Crippen molar-refractivity contribution in [3.05, 3.63) is 35.0 Å². The number of halogens is 1. The first-order valence-electron chi connectivity index (χ1n) is 5.91. The Balaban J connectivity index is 2.56. The minimum atomic E-state index is -0.119. The first kappa shape index (κ1) is 13.6. The van der Waals surface area contributed by atoms with Gasteiger partial charge in [0.15, 0.2) is 5.82 Å². The smallest absolute Gasteiger partial charge is 0.161 e. The molecule has 2 aromatic rings. The maximum absolute atomic E-state index is 9.43. The second kappa shape index (κ2) is 4.70. The van der Waals surface area contributed by atoms with Crippen LogP contribution in [0.5, 0.6) is 5.75 Å². The van der Waals surface area contributed by atoms with Crippen molar-refractivity contribution in [1.82, 2.24) is 9.97 Å². The van der Waals surface area contributed by atoms with Crippen LogP contribution in [0.15, 0.2) is 24.3 Å². The molecule has 0 radical (unpaired) electrons. The standard InChI is InChI=1S/C14H16ClN3O/c1-14(2,3)11-7-12(16)18-13(17-11)8-4-5-10(19)9(15)6-8/h4-7,19H,1-3H3,(H2,16,17,18). The first-order valence-corrected chi connectivity index (χ1v) is 6.29. The lowest BCUT2D eigenvalue weighted by Gasteiger charge is -2.18. The van der Waals surface area contributed by atoms with Gasteiger partial charge in [0.25, 0.3) is 0 Å². The molecule has 0 aliphatic rings. The molecule has 3 N–H and O–H groups in total. The van der Waals surface area contributed by atoms with E-state index in [0.717, 1.165) is 11.3 Å². The molecule has 0 unspecified atom stereocenters. The monoisotopic (exact) mass is 277 g/mol. The highest BCUT2D eigenvalue weighted by molar-refractivity contribution is 6.32. The Morgan fingerprint density at radius 3 is 2.42 bits per heavy atom. The molecule has 1 aromatic carbocycles. The third-order valence-electron chi connectivity index (χ3n) is 2.72. The maximum Gasteiger partial charge on any atom is 0.161 e. The van der Waals surface area contributed by atoms with Crippen molar-refractivity contribution < 1.29 is 5.11 Å². The number of hydrogen-bond acceptors (Lipinski definition) is 4. The molecule has 0 fully saturated rings. The fourth-order valence-electron chi connectivity index (χ4n) is 1.63. The van der Waals surface area contributed by atoms with E-state index in [1.54, 1.807) is 18.2 Å². The van der Waals surface area contributed by atoms with Crippen molar-refractivity contribution in [2.75, 3.05) is 5.73 Å². The highest BCUT2D eigenvalue weighted by atomic mass is 35.5. The number of benzene rings is 1. The Hall–Kier alpha value is -1.81. The molecule has 0 aliphatic heterocycles. The molecule has 0 spiro atoms. The number of phenolic OH excluding ortho intramolecular Hbond substituents is 1. The number of nitrogens with two attached hydrogens (primary N) is 1. The molecule has 5 heteroatoms. The number of phenols is 1. The SMILES string of the molecule is CC(C)(C)c1cc(N)nc(-c2ccc(O)c(Cl)c2)n1. The van der Waals surface area contributed by atoms with Crippen LogP contribution in [-0.2, 0) is 5.41 Å². The molecule has 19 heavy (non-hydrogen) atoms. The molecular formula is C14H16ClN3O. The summed E-state index contributed by atoms with van der Waals surface area (Å²) in [6.07, 6.45) is 0. The number of nitrogens with zero attached hydrogens (tertiary/aromatic N) is 2. The van der Waals surface area contributed by atoms with Crippen LogP contribution in [0.1, 0.15) is 26.5 Å². The molecule has 100 valence electrons. The average Bonchev–Trinajstić information content (AvgIpc) is 2.31. The fraction of sp³-hybridized carbons (Fsp3) is 0.286. The van der Waals surface area contributed by atoms with Gasteiger partial charge in [-0.25, -0.2) is 9.97 Å². The fourth-order valence-corrected chi connectivity index (χ4v) is 1.81. The molecular weight excluding hydrogens is 262 g/mol. The molecule has 0 bridgehead atoms. The third kappa shape index (κ3) is 2.96. The van der Waals surface area contributed by atoms with Crippen LogP contribution in [0.25, 0.3) is 11.4 Å². The second-order valence-corrected chi connectivity index (χ2v) is 5.83. The molecule has 0 atom stereocenters. The molecule has 0 saturated carbocycles. The van der Waals surface area contributed by atoms with E-state index in [-0.39, 0.29) is 16.2 Å². The number of nitrogen functional groups attached to an aromatic ring is 1. The zero-order chi connectivity index (χ0) is 14.2. The Labute approximate surface area is 117 Å². The summed E-state index contributed by atoms with van der Waals surface area (Å²) in [6, 6.07) is 6.62. The van der Waals surface area contributed by atoms with Gasteiger partial charge in [-0.1, -0.05) is 32.4 Å². The van der Waals surface area contributed by atoms with Crippen LogP contribution in [0.2, 0.25) is 5.02 Å². The minimum absolute atomic E-state index is 0.0327. The molecule has 0 saturated heterocycles. The number of aromatic nitrogens is 2. The van der Waals surface area contributed by atoms with E-state index >= 15 is 0 Å². The van der Waals surface area contributed by atoms with E-state index in [1.807, 2.05) is 0 Å². The second-order valence-electron chi connectivity index (χ2n) is 5.42. The maximum atomic E-state index is 9.43. The summed E-state index contributed by atoms with van der Waals surface area (Å²) in [5.74, 6) is 0.955. The van der Waals surface area contributed by atoms with Crippen molar-refractivity contribution in [2.45, 2.75) is 26.2 Å². The van der Waals surface area contributed by atoms with Gasteiger partial charge in [0, 0.05) is 17.0 Å². The van der Waals surface area contributed by atoms with Gasteiger partial charge < -0.3 is 10.8 Å². The normalized spacial score (nSPS) is 11.6. The highest BCUT2D eigenvalue weighted by Gasteiger charge is 2.18. The Morgan fingerprint density at radius 1 is 1.16 bits per heavy atom. The molecule has 1 heterocycles. The summed E-state index contributed by atoms with van der Waals surface area (Å²) in [5, 5.41) is 9.70. The Bertz CT molecular complexity index is 621. The van der Waals surface area contributed by atoms with Gasteiger partial charge >= 0.3 is 0 Å². The zero-order valence-corrected chi connectivity index (χ0v) is 11.9. The summed E-state index contributed by atoms with van der Waals surface area (Å²) in [4.78, 5) is 8.73. The Morgan fingerprint density at radius 2 is 1.84 bits per heavy atom. The summed E-state index contributed by atoms with van der Waals surface area (Å²) in [6.45, 7) is 6.17. The van der Waals surface area contributed by atoms with Crippen molar-refractivity contribution in [3.8, 4) is 17.1 Å². The summed E-state index contributed by atoms with van der Waals surface area (Å²) in [7, 11) is 0. The highest BCUT2D eigenvalue weighted by Crippen LogP contribution is 2.29. The van der Waals surface area contributed by atoms with E-state index < -0.39 is 0 Å². The van der Waals surface area contributed by atoms with Gasteiger partial charge in [0.05, 0.1) is 10.7 Å². The Kier molecular flexibility index (Phi) is 3.37. The predicted octanol–water partition coefficient (Wildman–Crippen LogP) is 3.38. The van der Waals surface area contributed by atoms with E-state index in [2.05, 4.69) is 30.7 Å². The summed E-state index contributed by atoms with van der Waals surface area (Å²) >= 11 is 5.90. The van der Waals surface area contributed by atoms with Crippen LogP contribution < -0.4 is 5.73 Å². The third-order valence-corrected chi connectivity index (χ3v) is 3.02. The van der Waals surface area contributed by atoms with Gasteiger partial charge in [-0.05, 0) is 18.2 Å². The van der Waals surface area contributed by atoms with Gasteiger partial charge in [0.1, 0.15) is 11.6 Å². The molecule has 0 aliphatic carbocycles. The van der Waals surface area contributed by atoms with Crippen molar-refractivity contribution in [3.63, 3.8) is 0 Å². The zero-order valence-electron chi connectivity index (χ0n) is 11.1. The van der Waals surface area contributed by atoms with E-state index in [1.165, 1.54) is 6.07 Å². The number of anilines is 1. The molecule has 0 amide bonds. The van der Waals surface area contributed by atoms with E-state index in [4.69, 9.17) is 17.3 Å². The lowest BCUT2D eigenvalue weighted by Crippen LogP contribution is -2.15. The summed E-state index contributed by atoms with van der Waals surface area (Å²) < 4.78 is 0. The number of rotatable bonds is 1. The largest absolute Gasteiger partial charge is 0.506 e. The van der Waals surface area contributed by atoms with Crippen LogP contribution in [0.3, 0.4) is 0 Å². The predicted molar refractivity (Wildman–Crippen MR) is 77.3 cm³/mol.